The zero-order chi connectivity index (χ0) is 31.5. The number of ether oxygens (including phenoxy) is 2. The molecule has 0 radical (unpaired) electrons. The van der Waals surface area contributed by atoms with Crippen LogP contribution in [0, 0.1) is 5.92 Å². The van der Waals surface area contributed by atoms with E-state index in [0.717, 1.165) is 35.9 Å². The van der Waals surface area contributed by atoms with E-state index in [0.29, 0.717) is 30.5 Å². The second-order valence-corrected chi connectivity index (χ2v) is 12.8. The summed E-state index contributed by atoms with van der Waals surface area (Å²) in [6.45, 7) is 5.13. The average Bonchev–Trinajstić information content (AvgIpc) is 3.53. The third-order valence-electron chi connectivity index (χ3n) is 7.23. The quantitative estimate of drug-likeness (QED) is 0.0585. The van der Waals surface area contributed by atoms with E-state index in [4.69, 9.17) is 9.47 Å². The maximum absolute atomic E-state index is 12.6. The number of allylic oxidation sites excluding steroid dienone is 1. The standard InChI is InChI=1S/C30H40N2O9S2/c1-17(19(3)33)10-9-11-20-15-41-28(27(38)26(20)37)25(36)18(2)14-23(35)40-13-8-6-4-5-7-12-22(34)32-24-29-21(16-42-43-29)31-30(24)39/h9-10,14,16-17,19,25,28,33,36-37H,4-8,11-13,15H2,1-3H3,(H,31,39)(H,32,34). The minimum absolute atomic E-state index is 0.0535. The Bertz CT molecular complexity index is 1370. The molecule has 4 atom stereocenters. The van der Waals surface area contributed by atoms with Crippen molar-refractivity contribution >= 4 is 44.0 Å². The van der Waals surface area contributed by atoms with Gasteiger partial charge in [0.2, 0.25) is 11.7 Å². The number of unbranched alkanes of at least 4 members (excludes halogenated alkanes) is 4. The number of anilines is 1. The van der Waals surface area contributed by atoms with Crippen molar-refractivity contribution in [2.24, 2.45) is 5.92 Å². The molecule has 0 aromatic heterocycles. The minimum atomic E-state index is -1.43. The third kappa shape index (κ3) is 9.97. The van der Waals surface area contributed by atoms with Crippen molar-refractivity contribution < 1.29 is 39.2 Å². The highest BCUT2D eigenvalue weighted by atomic mass is 32.9. The smallest absolute Gasteiger partial charge is 0.330 e. The monoisotopic (exact) mass is 636 g/mol. The molecule has 0 bridgehead atoms. The van der Waals surface area contributed by atoms with Gasteiger partial charge in [0.1, 0.15) is 11.8 Å². The lowest BCUT2D eigenvalue weighted by Gasteiger charge is -2.27. The van der Waals surface area contributed by atoms with Gasteiger partial charge in [-0.05, 0) is 44.6 Å². The number of aromatic amines is 1. The van der Waals surface area contributed by atoms with Gasteiger partial charge >= 0.3 is 5.97 Å². The Kier molecular flexibility index (Phi) is 13.3. The predicted octanol–water partition coefficient (Wildman–Crippen LogP) is 4.48. The number of carbonyl (C=O) groups excluding carboxylic acids is 3. The number of hydrogen-bond donors (Lipinski definition) is 5. The number of aliphatic hydroxyl groups excluding tert-OH is 3. The summed E-state index contributed by atoms with van der Waals surface area (Å²) in [5.74, 6) is -2.16. The van der Waals surface area contributed by atoms with Crippen molar-refractivity contribution in [1.82, 2.24) is 4.98 Å². The van der Waals surface area contributed by atoms with Gasteiger partial charge in [0.25, 0.3) is 5.56 Å². The number of amides is 1. The number of esters is 1. The van der Waals surface area contributed by atoms with Crippen LogP contribution in [0.25, 0.3) is 10.6 Å². The lowest BCUT2D eigenvalue weighted by molar-refractivity contribution is -0.139. The normalized spacial score (nSPS) is 18.3. The van der Waals surface area contributed by atoms with Gasteiger partial charge < -0.3 is 35.1 Å². The number of aliphatic hydroxyl groups is 3. The number of hydrogen-bond acceptors (Lipinski definition) is 11. The maximum atomic E-state index is 12.6. The number of ketones is 1. The van der Waals surface area contributed by atoms with Gasteiger partial charge in [-0.3, -0.25) is 14.4 Å². The molecular weight excluding hydrogens is 596 g/mol. The van der Waals surface area contributed by atoms with E-state index in [9.17, 15) is 34.5 Å². The van der Waals surface area contributed by atoms with Crippen molar-refractivity contribution in [3.63, 3.8) is 0 Å². The summed E-state index contributed by atoms with van der Waals surface area (Å²) in [7, 11) is 2.93. The summed E-state index contributed by atoms with van der Waals surface area (Å²) in [5.41, 5.74) is 1.31. The zero-order valence-electron chi connectivity index (χ0n) is 24.6. The molecule has 0 saturated carbocycles. The molecule has 3 heterocycles. The first-order valence-corrected chi connectivity index (χ1v) is 16.5. The molecular formula is C30H40N2O9S2. The van der Waals surface area contributed by atoms with Crippen LogP contribution < -0.4 is 10.9 Å². The summed E-state index contributed by atoms with van der Waals surface area (Å²) in [5, 5.41) is 35.0. The van der Waals surface area contributed by atoms with Gasteiger partial charge in [-0.2, -0.15) is 0 Å². The highest BCUT2D eigenvalue weighted by molar-refractivity contribution is 7.70. The average molecular weight is 637 g/mol. The van der Waals surface area contributed by atoms with Gasteiger partial charge in [0, 0.05) is 23.5 Å². The van der Waals surface area contributed by atoms with Gasteiger partial charge in [-0.25, -0.2) is 4.79 Å². The van der Waals surface area contributed by atoms with Crippen LogP contribution in [0.1, 0.15) is 65.7 Å². The van der Waals surface area contributed by atoms with Gasteiger partial charge in [0.15, 0.2) is 11.9 Å². The molecule has 3 aliphatic rings. The van der Waals surface area contributed by atoms with Crippen LogP contribution in [-0.2, 0) is 23.9 Å². The van der Waals surface area contributed by atoms with Gasteiger partial charge in [-0.1, -0.05) is 59.0 Å². The van der Waals surface area contributed by atoms with Crippen LogP contribution in [0.3, 0.4) is 0 Å². The second-order valence-electron chi connectivity index (χ2n) is 10.7. The summed E-state index contributed by atoms with van der Waals surface area (Å²) in [6, 6.07) is 0. The molecule has 3 aliphatic heterocycles. The topological polar surface area (TPSA) is 175 Å². The molecule has 0 spiro atoms. The second kappa shape index (κ2) is 16.7. The maximum Gasteiger partial charge on any atom is 0.330 e. The Morgan fingerprint density at radius 2 is 1.91 bits per heavy atom. The molecule has 0 aromatic carbocycles. The summed E-state index contributed by atoms with van der Waals surface area (Å²) in [4.78, 5) is 52.5. The molecule has 11 nitrogen and oxygen atoms in total. The first kappa shape index (κ1) is 34.4. The first-order valence-electron chi connectivity index (χ1n) is 14.3. The van der Waals surface area contributed by atoms with E-state index in [-0.39, 0.29) is 42.6 Å². The molecule has 0 aliphatic carbocycles. The SMILES string of the molecule is CC(=CC(=O)OCCCCCCCC(=O)Nc1c2sscc-2[nH]c1=O)C(O)C1OCC(CC=CC(C)C(C)O)=C(O)C1=O. The first-order chi connectivity index (χ1) is 20.5. The number of nitrogens with one attached hydrogen (secondary N) is 2. The van der Waals surface area contributed by atoms with Crippen molar-refractivity contribution in [2.75, 3.05) is 18.5 Å². The predicted molar refractivity (Wildman–Crippen MR) is 165 cm³/mol. The summed E-state index contributed by atoms with van der Waals surface area (Å²) >= 11 is 0. The molecule has 4 unspecified atom stereocenters. The van der Waals surface area contributed by atoms with Crippen LogP contribution in [-0.4, -0.2) is 69.5 Å². The van der Waals surface area contributed by atoms with Crippen LogP contribution in [0.15, 0.2) is 45.3 Å². The highest BCUT2D eigenvalue weighted by Gasteiger charge is 2.36. The molecule has 0 fully saturated rings. The summed E-state index contributed by atoms with van der Waals surface area (Å²) < 4.78 is 10.7. The lowest BCUT2D eigenvalue weighted by Crippen LogP contribution is -2.42. The zero-order valence-corrected chi connectivity index (χ0v) is 26.2. The van der Waals surface area contributed by atoms with E-state index in [1.54, 1.807) is 19.1 Å². The molecule has 43 heavy (non-hydrogen) atoms. The van der Waals surface area contributed by atoms with Crippen molar-refractivity contribution in [1.29, 1.82) is 0 Å². The number of carbonyl (C=O) groups is 3. The lowest BCUT2D eigenvalue weighted by atomic mass is 9.95. The number of rotatable bonds is 16. The fourth-order valence-corrected chi connectivity index (χ4v) is 6.51. The number of H-pyrrole nitrogens is 1. The molecule has 236 valence electrons. The van der Waals surface area contributed by atoms with E-state index in [1.807, 2.05) is 12.3 Å². The van der Waals surface area contributed by atoms with E-state index < -0.39 is 35.8 Å². The highest BCUT2D eigenvalue weighted by Crippen LogP contribution is 2.35. The van der Waals surface area contributed by atoms with Gasteiger partial charge in [-0.15, -0.1) is 0 Å². The molecule has 0 aromatic rings. The Morgan fingerprint density at radius 1 is 1.19 bits per heavy atom. The van der Waals surface area contributed by atoms with Crippen molar-refractivity contribution in [3.05, 3.63) is 50.9 Å². The van der Waals surface area contributed by atoms with Crippen LogP contribution >= 0.6 is 20.7 Å². The minimum Gasteiger partial charge on any atom is -0.504 e. The van der Waals surface area contributed by atoms with E-state index in [2.05, 4.69) is 10.3 Å². The molecule has 13 heteroatoms. The molecule has 5 N–H and O–H groups in total. The molecule has 0 saturated heterocycles. The fourth-order valence-electron chi connectivity index (χ4n) is 4.35. The Labute approximate surface area is 257 Å². The van der Waals surface area contributed by atoms with Crippen molar-refractivity contribution in [2.45, 2.75) is 84.0 Å². The number of Topliss-reactive ketones (excluding diaryl/α,β-unsaturated/α-hetero) is 1. The van der Waals surface area contributed by atoms with E-state index >= 15 is 0 Å². The Morgan fingerprint density at radius 3 is 2.65 bits per heavy atom. The largest absolute Gasteiger partial charge is 0.504 e. The number of fused-ring (bicyclic) bond motifs is 1. The molecule has 3 rings (SSSR count). The number of aromatic nitrogens is 1. The van der Waals surface area contributed by atoms with Crippen LogP contribution in [0.5, 0.6) is 0 Å². The third-order valence-corrected chi connectivity index (χ3v) is 9.32. The Balaban J connectivity index is 1.31. The summed E-state index contributed by atoms with van der Waals surface area (Å²) in [6.07, 6.45) is 5.70. The van der Waals surface area contributed by atoms with Gasteiger partial charge in [0.05, 0.1) is 29.9 Å². The van der Waals surface area contributed by atoms with Crippen LogP contribution in [0.4, 0.5) is 5.69 Å². The fraction of sp³-hybridized carbons (Fsp3) is 0.533. The van der Waals surface area contributed by atoms with E-state index in [1.165, 1.54) is 27.6 Å². The van der Waals surface area contributed by atoms with Crippen molar-refractivity contribution in [3.8, 4) is 10.6 Å². The molecule has 1 amide bonds. The van der Waals surface area contributed by atoms with Crippen LogP contribution in [0.2, 0.25) is 0 Å². The Hall–Kier alpha value is -3.10.